The van der Waals surface area contributed by atoms with E-state index in [0.717, 1.165) is 11.1 Å². The summed E-state index contributed by atoms with van der Waals surface area (Å²) in [6, 6.07) is 19.4. The molecule has 1 unspecified atom stereocenters. The molecular formula is C26H24ClFN2O3. The predicted molar refractivity (Wildman–Crippen MR) is 126 cm³/mol. The summed E-state index contributed by atoms with van der Waals surface area (Å²) >= 11 is 6.03. The standard InChI is InChI=1S/C26H24ClFN2O3/c1-17-5-7-18(8-6-17)14-29-26(32)19-13-25(31)30(15-19)20-9-11-21(12-10-20)33-16-22-23(27)3-2-4-24(22)28/h2-12,19H,13-16H2,1H3,(H,29,32). The lowest BCUT2D eigenvalue weighted by Crippen LogP contribution is -2.32. The topological polar surface area (TPSA) is 58.6 Å². The van der Waals surface area contributed by atoms with E-state index in [1.165, 1.54) is 6.07 Å². The van der Waals surface area contributed by atoms with Gasteiger partial charge in [0.25, 0.3) is 0 Å². The third-order valence-corrected chi connectivity index (χ3v) is 6.03. The first-order valence-corrected chi connectivity index (χ1v) is 11.1. The third kappa shape index (κ3) is 5.52. The molecule has 2 amide bonds. The zero-order chi connectivity index (χ0) is 23.4. The van der Waals surface area contributed by atoms with Crippen molar-refractivity contribution in [3.63, 3.8) is 0 Å². The first-order valence-electron chi connectivity index (χ1n) is 10.7. The zero-order valence-corrected chi connectivity index (χ0v) is 18.9. The van der Waals surface area contributed by atoms with Crippen LogP contribution in [0.5, 0.6) is 5.75 Å². The average Bonchev–Trinajstić information content (AvgIpc) is 3.20. The van der Waals surface area contributed by atoms with Crippen molar-refractivity contribution in [1.29, 1.82) is 0 Å². The summed E-state index contributed by atoms with van der Waals surface area (Å²) in [5.74, 6) is -0.530. The van der Waals surface area contributed by atoms with Gasteiger partial charge in [-0.1, -0.05) is 47.5 Å². The van der Waals surface area contributed by atoms with Crippen molar-refractivity contribution in [2.45, 2.75) is 26.5 Å². The van der Waals surface area contributed by atoms with Gasteiger partial charge in [0.05, 0.1) is 10.9 Å². The van der Waals surface area contributed by atoms with Crippen LogP contribution in [0, 0.1) is 18.7 Å². The summed E-state index contributed by atoms with van der Waals surface area (Å²) in [6.45, 7) is 2.76. The molecule has 1 fully saturated rings. The number of anilines is 1. The molecule has 33 heavy (non-hydrogen) atoms. The van der Waals surface area contributed by atoms with E-state index in [1.807, 2.05) is 31.2 Å². The molecule has 1 N–H and O–H groups in total. The second kappa shape index (κ2) is 10.0. The summed E-state index contributed by atoms with van der Waals surface area (Å²) in [5, 5.41) is 3.23. The Morgan fingerprint density at radius 1 is 1.12 bits per heavy atom. The summed E-state index contributed by atoms with van der Waals surface area (Å²) < 4.78 is 19.5. The molecule has 5 nitrogen and oxygen atoms in total. The van der Waals surface area contributed by atoms with E-state index in [2.05, 4.69) is 5.32 Å². The van der Waals surface area contributed by atoms with Gasteiger partial charge in [0.15, 0.2) is 0 Å². The lowest BCUT2D eigenvalue weighted by molar-refractivity contribution is -0.126. The quantitative estimate of drug-likeness (QED) is 0.531. The van der Waals surface area contributed by atoms with Crippen LogP contribution in [0.3, 0.4) is 0 Å². The molecular weight excluding hydrogens is 443 g/mol. The summed E-state index contributed by atoms with van der Waals surface area (Å²) in [7, 11) is 0. The van der Waals surface area contributed by atoms with Crippen molar-refractivity contribution >= 4 is 29.1 Å². The Morgan fingerprint density at radius 3 is 2.55 bits per heavy atom. The SMILES string of the molecule is Cc1ccc(CNC(=O)C2CC(=O)N(c3ccc(OCc4c(F)cccc4Cl)cc3)C2)cc1. The van der Waals surface area contributed by atoms with Crippen molar-refractivity contribution in [3.05, 3.63) is 94.3 Å². The fourth-order valence-corrected chi connectivity index (χ4v) is 3.94. The maximum absolute atomic E-state index is 13.9. The summed E-state index contributed by atoms with van der Waals surface area (Å²) in [4.78, 5) is 26.7. The molecule has 7 heteroatoms. The number of hydrogen-bond acceptors (Lipinski definition) is 3. The molecule has 0 bridgehead atoms. The number of aryl methyl sites for hydroxylation is 1. The number of carbonyl (C=O) groups is 2. The van der Waals surface area contributed by atoms with E-state index in [4.69, 9.17) is 16.3 Å². The van der Waals surface area contributed by atoms with Crippen LogP contribution in [0.4, 0.5) is 10.1 Å². The summed E-state index contributed by atoms with van der Waals surface area (Å²) in [5.41, 5.74) is 3.15. The first-order chi connectivity index (χ1) is 15.9. The van der Waals surface area contributed by atoms with Crippen LogP contribution in [0.1, 0.15) is 23.1 Å². The number of amides is 2. The lowest BCUT2D eigenvalue weighted by Gasteiger charge is -2.17. The average molecular weight is 467 g/mol. The van der Waals surface area contributed by atoms with E-state index in [1.54, 1.807) is 41.3 Å². The Morgan fingerprint density at radius 2 is 1.85 bits per heavy atom. The largest absolute Gasteiger partial charge is 0.489 e. The minimum absolute atomic E-state index is 0.00325. The number of ether oxygens (including phenoxy) is 1. The van der Waals surface area contributed by atoms with Gasteiger partial charge in [-0.25, -0.2) is 4.39 Å². The highest BCUT2D eigenvalue weighted by atomic mass is 35.5. The number of nitrogens with zero attached hydrogens (tertiary/aromatic N) is 1. The molecule has 0 saturated carbocycles. The van der Waals surface area contributed by atoms with Gasteiger partial charge in [0.2, 0.25) is 11.8 Å². The highest BCUT2D eigenvalue weighted by molar-refractivity contribution is 6.31. The van der Waals surface area contributed by atoms with Gasteiger partial charge >= 0.3 is 0 Å². The molecule has 1 atom stereocenters. The van der Waals surface area contributed by atoms with Gasteiger partial charge in [-0.2, -0.15) is 0 Å². The van der Waals surface area contributed by atoms with Crippen LogP contribution in [0.2, 0.25) is 5.02 Å². The van der Waals surface area contributed by atoms with E-state index >= 15 is 0 Å². The normalized spacial score (nSPS) is 15.5. The molecule has 0 radical (unpaired) electrons. The number of nitrogens with one attached hydrogen (secondary N) is 1. The fraction of sp³-hybridized carbons (Fsp3) is 0.231. The monoisotopic (exact) mass is 466 g/mol. The molecule has 0 spiro atoms. The van der Waals surface area contributed by atoms with Crippen molar-refractivity contribution in [3.8, 4) is 5.75 Å². The van der Waals surface area contributed by atoms with Gasteiger partial charge in [-0.15, -0.1) is 0 Å². The van der Waals surface area contributed by atoms with Gasteiger partial charge in [0.1, 0.15) is 18.2 Å². The van der Waals surface area contributed by atoms with Gasteiger partial charge in [-0.05, 0) is 48.9 Å². The molecule has 3 aromatic rings. The molecule has 1 saturated heterocycles. The highest BCUT2D eigenvalue weighted by Gasteiger charge is 2.35. The van der Waals surface area contributed by atoms with Crippen LogP contribution < -0.4 is 15.0 Å². The fourth-order valence-electron chi connectivity index (χ4n) is 3.72. The second-order valence-electron chi connectivity index (χ2n) is 8.09. The Bertz CT molecular complexity index is 1130. The van der Waals surface area contributed by atoms with E-state index in [0.29, 0.717) is 29.5 Å². The van der Waals surface area contributed by atoms with E-state index in [9.17, 15) is 14.0 Å². The van der Waals surface area contributed by atoms with Crippen molar-refractivity contribution in [2.24, 2.45) is 5.92 Å². The van der Waals surface area contributed by atoms with Crippen LogP contribution in [-0.2, 0) is 22.7 Å². The Labute approximate surface area is 197 Å². The maximum atomic E-state index is 13.9. The number of hydrogen-bond donors (Lipinski definition) is 1. The van der Waals surface area contributed by atoms with E-state index < -0.39 is 11.7 Å². The lowest BCUT2D eigenvalue weighted by atomic mass is 10.1. The van der Waals surface area contributed by atoms with Gasteiger partial charge in [0, 0.05) is 30.8 Å². The Balaban J connectivity index is 1.33. The first kappa shape index (κ1) is 22.8. The minimum Gasteiger partial charge on any atom is -0.489 e. The minimum atomic E-state index is -0.423. The smallest absolute Gasteiger partial charge is 0.227 e. The van der Waals surface area contributed by atoms with Crippen molar-refractivity contribution in [1.82, 2.24) is 5.32 Å². The highest BCUT2D eigenvalue weighted by Crippen LogP contribution is 2.28. The molecule has 1 aliphatic rings. The van der Waals surface area contributed by atoms with Crippen molar-refractivity contribution < 1.29 is 18.7 Å². The number of benzene rings is 3. The number of rotatable bonds is 7. The third-order valence-electron chi connectivity index (χ3n) is 5.68. The molecule has 1 heterocycles. The molecule has 170 valence electrons. The maximum Gasteiger partial charge on any atom is 0.227 e. The number of carbonyl (C=O) groups excluding carboxylic acids is 2. The van der Waals surface area contributed by atoms with Crippen LogP contribution in [0.25, 0.3) is 0 Å². The molecule has 0 aliphatic carbocycles. The van der Waals surface area contributed by atoms with Crippen LogP contribution in [0.15, 0.2) is 66.7 Å². The van der Waals surface area contributed by atoms with Gasteiger partial charge in [-0.3, -0.25) is 9.59 Å². The van der Waals surface area contributed by atoms with Crippen LogP contribution >= 0.6 is 11.6 Å². The second-order valence-corrected chi connectivity index (χ2v) is 8.50. The summed E-state index contributed by atoms with van der Waals surface area (Å²) in [6.07, 6.45) is 0.170. The number of halogens is 2. The van der Waals surface area contributed by atoms with Crippen molar-refractivity contribution in [2.75, 3.05) is 11.4 Å². The molecule has 0 aromatic heterocycles. The Kier molecular flexibility index (Phi) is 6.94. The van der Waals surface area contributed by atoms with E-state index in [-0.39, 0.29) is 30.4 Å². The molecule has 4 rings (SSSR count). The predicted octanol–water partition coefficient (Wildman–Crippen LogP) is 5.04. The van der Waals surface area contributed by atoms with Gasteiger partial charge < -0.3 is 15.0 Å². The molecule has 1 aliphatic heterocycles. The van der Waals surface area contributed by atoms with Crippen LogP contribution in [-0.4, -0.2) is 18.4 Å². The molecule has 3 aromatic carbocycles. The Hall–Kier alpha value is -3.38. The zero-order valence-electron chi connectivity index (χ0n) is 18.2.